The van der Waals surface area contributed by atoms with Crippen molar-refractivity contribution < 1.29 is 44.2 Å². The molecule has 17 rings (SSSR count). The summed E-state index contributed by atoms with van der Waals surface area (Å²) in [7, 11) is 5.90. The second-order valence-corrected chi connectivity index (χ2v) is 35.4. The zero-order chi connectivity index (χ0) is 82.8. The molecule has 0 aliphatic carbocycles. The van der Waals surface area contributed by atoms with Crippen LogP contribution in [0.2, 0.25) is 0 Å². The lowest BCUT2D eigenvalue weighted by Crippen LogP contribution is -2.33. The minimum absolute atomic E-state index is 0.0401. The number of aromatic nitrogens is 8. The van der Waals surface area contributed by atoms with Crippen LogP contribution in [0.25, 0.3) is 133 Å². The van der Waals surface area contributed by atoms with Gasteiger partial charge >= 0.3 is 0 Å². The fraction of sp³-hybridized carbons (Fsp3) is 0.340. The lowest BCUT2D eigenvalue weighted by atomic mass is 9.86. The third-order valence-corrected chi connectivity index (χ3v) is 20.9. The van der Waals surface area contributed by atoms with E-state index in [1.165, 1.54) is 50.3 Å². The Morgan fingerprint density at radius 2 is 0.651 bits per heavy atom. The first-order valence-electron chi connectivity index (χ1n) is 41.1. The Kier molecular flexibility index (Phi) is 17.6. The Morgan fingerprint density at radius 1 is 0.339 bits per heavy atom. The van der Waals surface area contributed by atoms with Crippen LogP contribution in [0, 0.1) is 83.8 Å². The summed E-state index contributed by atoms with van der Waals surface area (Å²) in [5.41, 5.74) is 29.8. The fourth-order valence-corrected chi connectivity index (χ4v) is 15.9. The molecule has 556 valence electrons. The van der Waals surface area contributed by atoms with Crippen LogP contribution in [0.15, 0.2) is 176 Å². The van der Waals surface area contributed by atoms with E-state index in [4.69, 9.17) is 25.9 Å². The minimum atomic E-state index is -2.17. The molecule has 0 saturated heterocycles. The molecule has 0 radical (unpaired) electrons. The monoisotopic (exact) mass is 1450 g/mol. The lowest BCUT2D eigenvalue weighted by Gasteiger charge is -2.19. The van der Waals surface area contributed by atoms with Crippen LogP contribution in [0.3, 0.4) is 0 Å². The molecule has 0 saturated carbocycles. The van der Waals surface area contributed by atoms with E-state index in [-0.39, 0.29) is 21.7 Å². The van der Waals surface area contributed by atoms with Crippen molar-refractivity contribution >= 4 is 88.3 Å². The number of fused-ring (bicyclic) bond motifs is 16. The van der Waals surface area contributed by atoms with Gasteiger partial charge in [0.1, 0.15) is 21.1 Å². The summed E-state index contributed by atoms with van der Waals surface area (Å²) in [6.07, 6.45) is 15.0. The molecule has 109 heavy (non-hydrogen) atoms. The predicted octanol–water partition coefficient (Wildman–Crippen LogP) is 22.8. The average Bonchev–Trinajstić information content (AvgIpc) is 1.63. The summed E-state index contributed by atoms with van der Waals surface area (Å²) in [5, 5.41) is 8.43. The van der Waals surface area contributed by atoms with E-state index >= 15 is 0 Å². The number of furan rings is 4. The van der Waals surface area contributed by atoms with Crippen molar-refractivity contribution in [3.63, 3.8) is 0 Å². The number of benzene rings is 4. The SMILES string of the molecule is Cc1c[n+](C)c(-c2c(C)ccc3c2oc2ncccc23)cc1CC(C)(C)C.Cc1ccc2c(n1)oc1c3c(ccc12)C[n+]1cc(C)c(CC(C)(C)C)cc1-3.[2H]C([2H])([2H])c1c[n+](C)c(-c2c(C)ccc3c2oc2nc(C)ccc23)cc1CC(C)(C)C.[2H]C([2H])([2H])c1c[n+](C)c(-c2c(C)ccc3c2oc2ncccc23)cc1CC(C)(C)C. The van der Waals surface area contributed by atoms with Crippen molar-refractivity contribution in [1.82, 2.24) is 19.9 Å². The van der Waals surface area contributed by atoms with E-state index in [1.54, 1.807) is 24.8 Å². The van der Waals surface area contributed by atoms with Gasteiger partial charge in [0.25, 0.3) is 0 Å². The van der Waals surface area contributed by atoms with E-state index in [1.807, 2.05) is 79.5 Å². The van der Waals surface area contributed by atoms with Gasteiger partial charge in [0.05, 0.1) is 22.3 Å². The van der Waals surface area contributed by atoms with Gasteiger partial charge in [0.15, 0.2) is 53.7 Å². The van der Waals surface area contributed by atoms with E-state index < -0.39 is 13.7 Å². The van der Waals surface area contributed by atoms with Crippen LogP contribution in [0.1, 0.15) is 169 Å². The summed E-state index contributed by atoms with van der Waals surface area (Å²) < 4.78 is 81.6. The van der Waals surface area contributed by atoms with Gasteiger partial charge in [-0.25, -0.2) is 33.6 Å². The topological polar surface area (TPSA) is 120 Å². The normalized spacial score (nSPS) is 13.6. The molecule has 0 spiro atoms. The Labute approximate surface area is 651 Å². The van der Waals surface area contributed by atoms with Crippen LogP contribution in [0.4, 0.5) is 0 Å². The lowest BCUT2D eigenvalue weighted by molar-refractivity contribution is -0.672. The second kappa shape index (κ2) is 28.4. The minimum Gasteiger partial charge on any atom is -0.437 e. The summed E-state index contributed by atoms with van der Waals surface area (Å²) >= 11 is 0. The molecule has 0 unspecified atom stereocenters. The molecular weight excluding hydrogens is 1340 g/mol. The fourth-order valence-electron chi connectivity index (χ4n) is 15.9. The van der Waals surface area contributed by atoms with Crippen molar-refractivity contribution in [2.45, 2.75) is 177 Å². The smallest absolute Gasteiger partial charge is 0.227 e. The Bertz CT molecular complexity index is 6540. The third-order valence-electron chi connectivity index (χ3n) is 20.9. The first kappa shape index (κ1) is 67.6. The maximum absolute atomic E-state index is 8.05. The maximum Gasteiger partial charge on any atom is 0.227 e. The van der Waals surface area contributed by atoms with Crippen LogP contribution >= 0.6 is 0 Å². The number of hydrogen-bond donors (Lipinski definition) is 0. The standard InChI is InChI=1S/C25H29N2O.C24H25N2O.2C24H27N2O/c1-15-8-10-19-20-11-9-17(3)26-24(20)28-23(19)22(15)21-12-18(13-25(4,5)6)16(2)14-27(21)7;1-14-12-26-13-16-7-9-18-19-8-6-15(2)25-23(19)27-22(18)21(16)20(26)10-17(14)11-24(3,4)5;2*1-15-9-10-18-19-8-7-11-25-23(19)27-22(18)21(15)20-12-17(13-24(3,4)5)16(2)14-26(20)6/h8-12,14H,13H2,1-7H3;6-10,12H,11,13H2,1-5H3;2*7-12,14H,13H2,1-6H3/q4*+1/i2D3;;2D3;. The number of rotatable bonds is 7. The highest BCUT2D eigenvalue weighted by Gasteiger charge is 2.34. The molecule has 12 heteroatoms. The van der Waals surface area contributed by atoms with Crippen molar-refractivity contribution in [2.24, 2.45) is 42.8 Å². The molecule has 0 atom stereocenters. The summed E-state index contributed by atoms with van der Waals surface area (Å²) in [4.78, 5) is 17.9. The molecular formula is C97H108N8O4+4. The predicted molar refractivity (Wildman–Crippen MR) is 446 cm³/mol. The zero-order valence-electron chi connectivity index (χ0n) is 73.8. The molecule has 13 heterocycles. The van der Waals surface area contributed by atoms with Crippen LogP contribution in [-0.2, 0) is 53.4 Å². The zero-order valence-corrected chi connectivity index (χ0v) is 67.8. The molecule has 0 bridgehead atoms. The highest BCUT2D eigenvalue weighted by molar-refractivity contribution is 6.12. The summed E-state index contributed by atoms with van der Waals surface area (Å²) in [5.74, 6) is 0. The van der Waals surface area contributed by atoms with Gasteiger partial charge < -0.3 is 17.7 Å². The van der Waals surface area contributed by atoms with Crippen LogP contribution in [-0.4, -0.2) is 19.9 Å². The van der Waals surface area contributed by atoms with Crippen LogP contribution in [0.5, 0.6) is 0 Å². The highest BCUT2D eigenvalue weighted by Crippen LogP contribution is 2.44. The van der Waals surface area contributed by atoms with Gasteiger partial charge in [-0.15, -0.1) is 0 Å². The van der Waals surface area contributed by atoms with Gasteiger partial charge in [-0.1, -0.05) is 126 Å². The van der Waals surface area contributed by atoms with Gasteiger partial charge in [-0.3, -0.25) is 0 Å². The molecule has 4 aromatic carbocycles. The molecule has 1 aliphatic rings. The Hall–Kier alpha value is -10.7. The summed E-state index contributed by atoms with van der Waals surface area (Å²) in [6.45, 7) is 37.7. The quantitative estimate of drug-likeness (QED) is 0.145. The van der Waals surface area contributed by atoms with E-state index in [0.29, 0.717) is 41.1 Å². The van der Waals surface area contributed by atoms with E-state index in [9.17, 15) is 0 Å². The molecule has 12 nitrogen and oxygen atoms in total. The van der Waals surface area contributed by atoms with Crippen molar-refractivity contribution in [3.8, 4) is 45.0 Å². The van der Waals surface area contributed by atoms with E-state index in [0.717, 1.165) is 152 Å². The van der Waals surface area contributed by atoms with Gasteiger partial charge in [0.2, 0.25) is 45.6 Å². The average molecular weight is 1460 g/mol. The number of aryl methyl sites for hydroxylation is 12. The molecule has 12 aromatic heterocycles. The van der Waals surface area contributed by atoms with Gasteiger partial charge in [-0.2, -0.15) is 4.57 Å². The second-order valence-electron chi connectivity index (χ2n) is 35.4. The molecule has 1 aliphatic heterocycles. The summed E-state index contributed by atoms with van der Waals surface area (Å²) in [6, 6.07) is 42.0. The first-order chi connectivity index (χ1) is 53.8. The van der Waals surface area contributed by atoms with Crippen LogP contribution < -0.4 is 18.3 Å². The first-order valence-corrected chi connectivity index (χ1v) is 38.1. The van der Waals surface area contributed by atoms with Gasteiger partial charge in [-0.05, 0) is 203 Å². The van der Waals surface area contributed by atoms with Gasteiger partial charge in [0, 0.05) is 127 Å². The van der Waals surface area contributed by atoms with Crippen molar-refractivity contribution in [1.29, 1.82) is 0 Å². The van der Waals surface area contributed by atoms with E-state index in [2.05, 4.69) is 245 Å². The van der Waals surface area contributed by atoms with Crippen molar-refractivity contribution in [2.75, 3.05) is 0 Å². The molecule has 0 fully saturated rings. The largest absolute Gasteiger partial charge is 0.437 e. The molecule has 0 N–H and O–H groups in total. The molecule has 16 aromatic rings. The highest BCUT2D eigenvalue weighted by atomic mass is 16.4. The Balaban J connectivity index is 0.000000127. The van der Waals surface area contributed by atoms with Crippen molar-refractivity contribution in [3.05, 3.63) is 237 Å². The number of nitrogens with zero attached hydrogens (tertiary/aromatic N) is 8. The number of hydrogen-bond acceptors (Lipinski definition) is 8. The Morgan fingerprint density at radius 3 is 1.03 bits per heavy atom. The molecule has 0 amide bonds. The number of pyridine rings is 8. The third kappa shape index (κ3) is 15.2. The maximum atomic E-state index is 8.05.